The summed E-state index contributed by atoms with van der Waals surface area (Å²) in [7, 11) is 1.66. The van der Waals surface area contributed by atoms with Gasteiger partial charge in [-0.1, -0.05) is 18.2 Å². The maximum Gasteiger partial charge on any atom is 0.315 e. The SMILES string of the molecule is COc1ccc2cc(CNC(=O)N[C@@H](C)c3ccncc3)ccc2c1. The highest BCUT2D eigenvalue weighted by atomic mass is 16.5. The Balaban J connectivity index is 1.59. The maximum absolute atomic E-state index is 12.1. The van der Waals surface area contributed by atoms with Crippen LogP contribution in [0.3, 0.4) is 0 Å². The van der Waals surface area contributed by atoms with E-state index in [2.05, 4.69) is 21.7 Å². The van der Waals surface area contributed by atoms with Crippen molar-refractivity contribution < 1.29 is 9.53 Å². The quantitative estimate of drug-likeness (QED) is 0.745. The lowest BCUT2D eigenvalue weighted by molar-refractivity contribution is 0.237. The lowest BCUT2D eigenvalue weighted by Gasteiger charge is -2.15. The molecule has 5 heteroatoms. The molecule has 0 saturated heterocycles. The van der Waals surface area contributed by atoms with E-state index in [9.17, 15) is 4.79 Å². The van der Waals surface area contributed by atoms with Crippen molar-refractivity contribution in [1.82, 2.24) is 15.6 Å². The summed E-state index contributed by atoms with van der Waals surface area (Å²) in [6, 6.07) is 15.6. The second kappa shape index (κ2) is 7.66. The molecule has 0 aliphatic carbocycles. The van der Waals surface area contributed by atoms with Gasteiger partial charge in [-0.15, -0.1) is 0 Å². The predicted octanol–water partition coefficient (Wildman–Crippen LogP) is 3.80. The third-order valence-electron chi connectivity index (χ3n) is 4.12. The van der Waals surface area contributed by atoms with Gasteiger partial charge in [-0.25, -0.2) is 4.79 Å². The van der Waals surface area contributed by atoms with Gasteiger partial charge in [-0.05, 0) is 59.2 Å². The van der Waals surface area contributed by atoms with Crippen molar-refractivity contribution in [2.75, 3.05) is 7.11 Å². The highest BCUT2D eigenvalue weighted by Gasteiger charge is 2.09. The van der Waals surface area contributed by atoms with Crippen molar-refractivity contribution >= 4 is 16.8 Å². The fourth-order valence-corrected chi connectivity index (χ4v) is 2.68. The Labute approximate surface area is 147 Å². The molecule has 0 aliphatic heterocycles. The van der Waals surface area contributed by atoms with Crippen molar-refractivity contribution in [3.05, 3.63) is 72.1 Å². The van der Waals surface area contributed by atoms with E-state index in [1.165, 1.54) is 0 Å². The number of benzene rings is 2. The third kappa shape index (κ3) is 4.26. The van der Waals surface area contributed by atoms with Crippen LogP contribution in [0, 0.1) is 0 Å². The number of aromatic nitrogens is 1. The van der Waals surface area contributed by atoms with Crippen LogP contribution in [0.25, 0.3) is 10.8 Å². The smallest absolute Gasteiger partial charge is 0.315 e. The Bertz CT molecular complexity index is 865. The predicted molar refractivity (Wildman–Crippen MR) is 98.5 cm³/mol. The van der Waals surface area contributed by atoms with E-state index in [4.69, 9.17) is 4.74 Å². The number of hydrogen-bond acceptors (Lipinski definition) is 3. The maximum atomic E-state index is 12.1. The number of nitrogens with zero attached hydrogens (tertiary/aromatic N) is 1. The molecule has 3 aromatic rings. The summed E-state index contributed by atoms with van der Waals surface area (Å²) >= 11 is 0. The summed E-state index contributed by atoms with van der Waals surface area (Å²) in [6.07, 6.45) is 3.44. The van der Waals surface area contributed by atoms with Crippen molar-refractivity contribution in [3.63, 3.8) is 0 Å². The van der Waals surface area contributed by atoms with Crippen LogP contribution in [0.1, 0.15) is 24.1 Å². The topological polar surface area (TPSA) is 63.2 Å². The summed E-state index contributed by atoms with van der Waals surface area (Å²) in [5.41, 5.74) is 2.06. The van der Waals surface area contributed by atoms with Gasteiger partial charge >= 0.3 is 6.03 Å². The second-order valence-corrected chi connectivity index (χ2v) is 5.88. The van der Waals surface area contributed by atoms with Crippen LogP contribution in [-0.2, 0) is 6.54 Å². The Morgan fingerprint density at radius 2 is 1.80 bits per heavy atom. The van der Waals surface area contributed by atoms with Crippen LogP contribution in [0.15, 0.2) is 60.9 Å². The normalized spacial score (nSPS) is 11.8. The minimum Gasteiger partial charge on any atom is -0.497 e. The molecule has 2 amide bonds. The molecule has 0 aliphatic rings. The zero-order chi connectivity index (χ0) is 17.6. The van der Waals surface area contributed by atoms with E-state index >= 15 is 0 Å². The molecular weight excluding hydrogens is 314 g/mol. The van der Waals surface area contributed by atoms with Crippen molar-refractivity contribution in [1.29, 1.82) is 0 Å². The zero-order valence-corrected chi connectivity index (χ0v) is 14.3. The molecule has 0 spiro atoms. The van der Waals surface area contributed by atoms with E-state index < -0.39 is 0 Å². The number of methoxy groups -OCH3 is 1. The molecule has 25 heavy (non-hydrogen) atoms. The average molecular weight is 335 g/mol. The van der Waals surface area contributed by atoms with Crippen LogP contribution < -0.4 is 15.4 Å². The first kappa shape index (κ1) is 16.8. The van der Waals surface area contributed by atoms with Gasteiger partial charge in [0.25, 0.3) is 0 Å². The van der Waals surface area contributed by atoms with Crippen LogP contribution in [-0.4, -0.2) is 18.1 Å². The molecule has 2 N–H and O–H groups in total. The fraction of sp³-hybridized carbons (Fsp3) is 0.200. The summed E-state index contributed by atoms with van der Waals surface area (Å²) in [6.45, 7) is 2.41. The molecule has 1 heterocycles. The number of amides is 2. The number of hydrogen-bond donors (Lipinski definition) is 2. The molecule has 2 aromatic carbocycles. The molecule has 1 atom stereocenters. The average Bonchev–Trinajstić information content (AvgIpc) is 2.66. The number of ether oxygens (including phenoxy) is 1. The van der Waals surface area contributed by atoms with Gasteiger partial charge in [0.2, 0.25) is 0 Å². The minimum absolute atomic E-state index is 0.0768. The van der Waals surface area contributed by atoms with Gasteiger partial charge in [-0.3, -0.25) is 4.98 Å². The monoisotopic (exact) mass is 335 g/mol. The van der Waals surface area contributed by atoms with E-state index in [0.717, 1.165) is 27.6 Å². The largest absolute Gasteiger partial charge is 0.497 e. The summed E-state index contributed by atoms with van der Waals surface area (Å²) in [5, 5.41) is 8.05. The number of urea groups is 1. The van der Waals surface area contributed by atoms with Gasteiger partial charge < -0.3 is 15.4 Å². The van der Waals surface area contributed by atoms with E-state index in [0.29, 0.717) is 6.54 Å². The summed E-state index contributed by atoms with van der Waals surface area (Å²) < 4.78 is 5.24. The highest BCUT2D eigenvalue weighted by molar-refractivity contribution is 5.84. The van der Waals surface area contributed by atoms with Gasteiger partial charge in [0.15, 0.2) is 0 Å². The molecule has 0 fully saturated rings. The van der Waals surface area contributed by atoms with Crippen LogP contribution in [0.5, 0.6) is 5.75 Å². The molecule has 3 rings (SSSR count). The van der Waals surface area contributed by atoms with Crippen LogP contribution in [0.2, 0.25) is 0 Å². The van der Waals surface area contributed by atoms with E-state index in [1.807, 2.05) is 49.4 Å². The van der Waals surface area contributed by atoms with Crippen LogP contribution >= 0.6 is 0 Å². The summed E-state index contributed by atoms with van der Waals surface area (Å²) in [5.74, 6) is 0.836. The Morgan fingerprint density at radius 1 is 1.08 bits per heavy atom. The Kier molecular flexibility index (Phi) is 5.14. The van der Waals surface area contributed by atoms with Gasteiger partial charge in [0.1, 0.15) is 5.75 Å². The van der Waals surface area contributed by atoms with E-state index in [1.54, 1.807) is 19.5 Å². The van der Waals surface area contributed by atoms with Gasteiger partial charge in [0.05, 0.1) is 13.2 Å². The molecule has 0 radical (unpaired) electrons. The standard InChI is InChI=1S/C20H21N3O2/c1-14(16-7-9-21-10-8-16)23-20(24)22-13-15-3-4-18-12-19(25-2)6-5-17(18)11-15/h3-12,14H,13H2,1-2H3,(H2,22,23,24)/t14-/m0/s1. The molecule has 1 aromatic heterocycles. The molecule has 0 bridgehead atoms. The van der Waals surface area contributed by atoms with Gasteiger partial charge in [0, 0.05) is 18.9 Å². The highest BCUT2D eigenvalue weighted by Crippen LogP contribution is 2.21. The Hall–Kier alpha value is -3.08. The Morgan fingerprint density at radius 3 is 2.56 bits per heavy atom. The lowest BCUT2D eigenvalue weighted by atomic mass is 10.1. The molecule has 5 nitrogen and oxygen atoms in total. The first-order valence-corrected chi connectivity index (χ1v) is 8.16. The molecule has 0 saturated carbocycles. The minimum atomic E-state index is -0.195. The molecular formula is C20H21N3O2. The second-order valence-electron chi connectivity index (χ2n) is 5.88. The van der Waals surface area contributed by atoms with Crippen molar-refractivity contribution in [3.8, 4) is 5.75 Å². The number of fused-ring (bicyclic) bond motifs is 1. The number of carbonyl (C=O) groups excluding carboxylic acids is 1. The first-order valence-electron chi connectivity index (χ1n) is 8.16. The van der Waals surface area contributed by atoms with Gasteiger partial charge in [-0.2, -0.15) is 0 Å². The molecule has 0 unspecified atom stereocenters. The van der Waals surface area contributed by atoms with Crippen molar-refractivity contribution in [2.45, 2.75) is 19.5 Å². The summed E-state index contributed by atoms with van der Waals surface area (Å²) in [4.78, 5) is 16.1. The third-order valence-corrected chi connectivity index (χ3v) is 4.12. The first-order chi connectivity index (χ1) is 12.2. The van der Waals surface area contributed by atoms with E-state index in [-0.39, 0.29) is 12.1 Å². The fourth-order valence-electron chi connectivity index (χ4n) is 2.68. The molecule has 128 valence electrons. The number of pyridine rings is 1. The lowest BCUT2D eigenvalue weighted by Crippen LogP contribution is -2.36. The number of nitrogens with one attached hydrogen (secondary N) is 2. The van der Waals surface area contributed by atoms with Crippen LogP contribution in [0.4, 0.5) is 4.79 Å². The number of rotatable bonds is 5. The number of carbonyl (C=O) groups is 1. The van der Waals surface area contributed by atoms with Crippen molar-refractivity contribution in [2.24, 2.45) is 0 Å². The zero-order valence-electron chi connectivity index (χ0n) is 14.3.